The van der Waals surface area contributed by atoms with Crippen LogP contribution in [0.1, 0.15) is 11.1 Å². The van der Waals surface area contributed by atoms with Gasteiger partial charge in [-0.25, -0.2) is 12.8 Å². The Morgan fingerprint density at radius 2 is 1.60 bits per heavy atom. The Hall–Kier alpha value is -3.28. The molecule has 0 saturated carbocycles. The Balaban J connectivity index is 1.81. The molecule has 0 bridgehead atoms. The summed E-state index contributed by atoms with van der Waals surface area (Å²) >= 11 is 0. The van der Waals surface area contributed by atoms with Gasteiger partial charge in [-0.2, -0.15) is 17.5 Å². The second kappa shape index (κ2) is 11.0. The maximum Gasteiger partial charge on any atom is 0.417 e. The third-order valence-corrected chi connectivity index (χ3v) is 6.98. The van der Waals surface area contributed by atoms with E-state index in [4.69, 9.17) is 0 Å². The molecule has 0 spiro atoms. The fraction of sp³-hybridized carbons (Fsp3) is 0.208. The summed E-state index contributed by atoms with van der Waals surface area (Å²) in [6, 6.07) is 15.9. The summed E-state index contributed by atoms with van der Waals surface area (Å²) in [7, 11) is -4.27. The summed E-state index contributed by atoms with van der Waals surface area (Å²) < 4.78 is 81.3. The number of halogens is 4. The zero-order valence-corrected chi connectivity index (χ0v) is 19.1. The maximum absolute atomic E-state index is 13.9. The van der Waals surface area contributed by atoms with Gasteiger partial charge in [0.05, 0.1) is 23.6 Å². The van der Waals surface area contributed by atoms with Gasteiger partial charge in [0.25, 0.3) is 0 Å². The van der Waals surface area contributed by atoms with Gasteiger partial charge in [-0.3, -0.25) is 4.79 Å². The van der Waals surface area contributed by atoms with Gasteiger partial charge >= 0.3 is 6.18 Å². The predicted octanol–water partition coefficient (Wildman–Crippen LogP) is 3.81. The Labute approximate surface area is 199 Å². The smallest absolute Gasteiger partial charge is 0.395 e. The highest BCUT2D eigenvalue weighted by molar-refractivity contribution is 7.89. The summed E-state index contributed by atoms with van der Waals surface area (Å²) in [6.07, 6.45) is -4.71. The number of nitrogens with one attached hydrogen (secondary N) is 1. The number of alkyl halides is 3. The van der Waals surface area contributed by atoms with E-state index in [-0.39, 0.29) is 16.0 Å². The van der Waals surface area contributed by atoms with Crippen molar-refractivity contribution >= 4 is 15.9 Å². The Morgan fingerprint density at radius 3 is 2.20 bits per heavy atom. The molecule has 0 aliphatic carbocycles. The molecule has 0 unspecified atom stereocenters. The van der Waals surface area contributed by atoms with Crippen LogP contribution in [0.25, 0.3) is 11.1 Å². The van der Waals surface area contributed by atoms with Crippen molar-refractivity contribution in [3.05, 3.63) is 89.7 Å². The van der Waals surface area contributed by atoms with Gasteiger partial charge in [-0.1, -0.05) is 48.5 Å². The molecule has 0 aromatic heterocycles. The molecule has 0 heterocycles. The first-order valence-corrected chi connectivity index (χ1v) is 11.9. The topological polar surface area (TPSA) is 86.7 Å². The molecular formula is C24H22F4N2O4S. The molecule has 0 radical (unpaired) electrons. The van der Waals surface area contributed by atoms with Crippen molar-refractivity contribution in [1.82, 2.24) is 9.62 Å². The second-order valence-electron chi connectivity index (χ2n) is 7.50. The molecule has 0 aliphatic rings. The van der Waals surface area contributed by atoms with Gasteiger partial charge in [-0.15, -0.1) is 0 Å². The van der Waals surface area contributed by atoms with Crippen molar-refractivity contribution < 1.29 is 35.9 Å². The van der Waals surface area contributed by atoms with Gasteiger partial charge < -0.3 is 10.4 Å². The first-order chi connectivity index (χ1) is 16.5. The Bertz CT molecular complexity index is 1260. The molecule has 3 aromatic carbocycles. The second-order valence-corrected chi connectivity index (χ2v) is 9.43. The molecule has 2 N–H and O–H groups in total. The van der Waals surface area contributed by atoms with Crippen LogP contribution in [0.2, 0.25) is 0 Å². The van der Waals surface area contributed by atoms with Crippen LogP contribution in [0.4, 0.5) is 17.6 Å². The van der Waals surface area contributed by atoms with E-state index >= 15 is 0 Å². The summed E-state index contributed by atoms with van der Waals surface area (Å²) in [4.78, 5) is 12.2. The van der Waals surface area contributed by atoms with Crippen molar-refractivity contribution in [2.24, 2.45) is 0 Å². The number of amides is 1. The van der Waals surface area contributed by atoms with Gasteiger partial charge in [0, 0.05) is 13.1 Å². The van der Waals surface area contributed by atoms with E-state index in [1.165, 1.54) is 18.2 Å². The van der Waals surface area contributed by atoms with Crippen LogP contribution in [0, 0.1) is 5.82 Å². The van der Waals surface area contributed by atoms with Crippen molar-refractivity contribution in [3.63, 3.8) is 0 Å². The molecule has 0 atom stereocenters. The molecule has 186 valence electrons. The predicted molar refractivity (Wildman–Crippen MR) is 121 cm³/mol. The molecule has 11 heteroatoms. The summed E-state index contributed by atoms with van der Waals surface area (Å²) in [5.74, 6) is -1.53. The van der Waals surface area contributed by atoms with Crippen molar-refractivity contribution in [2.75, 3.05) is 19.7 Å². The van der Waals surface area contributed by atoms with Crippen LogP contribution in [0.5, 0.6) is 0 Å². The number of carbonyl (C=O) groups is 1. The molecule has 3 rings (SSSR count). The van der Waals surface area contributed by atoms with Gasteiger partial charge in [0.2, 0.25) is 15.9 Å². The SMILES string of the molecule is O=C(CN(CCO)S(=O)(=O)c1ccc(F)cc1)NCc1cccc(-c2ccccc2)c1C(F)(F)F. The van der Waals surface area contributed by atoms with Crippen LogP contribution < -0.4 is 5.32 Å². The van der Waals surface area contributed by atoms with E-state index in [1.807, 2.05) is 0 Å². The number of rotatable bonds is 9. The van der Waals surface area contributed by atoms with E-state index in [9.17, 15) is 35.9 Å². The van der Waals surface area contributed by atoms with Crippen LogP contribution in [0.15, 0.2) is 77.7 Å². The number of hydrogen-bond donors (Lipinski definition) is 2. The summed E-state index contributed by atoms with van der Waals surface area (Å²) in [6.45, 7) is -2.30. The first kappa shape index (κ1) is 26.3. The molecule has 35 heavy (non-hydrogen) atoms. The minimum absolute atomic E-state index is 0.0503. The summed E-state index contributed by atoms with van der Waals surface area (Å²) in [5.41, 5.74) is -0.793. The van der Waals surface area contributed by atoms with E-state index in [0.717, 1.165) is 24.3 Å². The number of sulfonamides is 1. The van der Waals surface area contributed by atoms with Gasteiger partial charge in [0.15, 0.2) is 0 Å². The summed E-state index contributed by atoms with van der Waals surface area (Å²) in [5, 5.41) is 11.6. The number of benzene rings is 3. The minimum Gasteiger partial charge on any atom is -0.395 e. The molecule has 3 aromatic rings. The molecule has 0 aliphatic heterocycles. The number of aliphatic hydroxyl groups excluding tert-OH is 1. The lowest BCUT2D eigenvalue weighted by atomic mass is 9.95. The first-order valence-electron chi connectivity index (χ1n) is 10.4. The molecule has 0 saturated heterocycles. The standard InChI is InChI=1S/C24H22F4N2O4S/c25-19-9-11-20(12-10-19)35(33,34)30(13-14-31)16-22(32)29-15-18-7-4-8-21(23(18)24(26,27)28)17-5-2-1-3-6-17/h1-12,31H,13-16H2,(H,29,32). The molecule has 0 fully saturated rings. The van der Waals surface area contributed by atoms with E-state index in [0.29, 0.717) is 9.87 Å². The largest absolute Gasteiger partial charge is 0.417 e. The third-order valence-electron chi connectivity index (χ3n) is 5.12. The van der Waals surface area contributed by atoms with E-state index < -0.39 is 59.7 Å². The van der Waals surface area contributed by atoms with Crippen molar-refractivity contribution in [1.29, 1.82) is 0 Å². The lowest BCUT2D eigenvalue weighted by Crippen LogP contribution is -2.42. The average Bonchev–Trinajstić information content (AvgIpc) is 2.82. The molecule has 1 amide bonds. The Kier molecular flexibility index (Phi) is 8.26. The zero-order chi connectivity index (χ0) is 25.6. The fourth-order valence-corrected chi connectivity index (χ4v) is 4.89. The Morgan fingerprint density at radius 1 is 0.943 bits per heavy atom. The fourth-order valence-electron chi connectivity index (χ4n) is 3.50. The monoisotopic (exact) mass is 510 g/mol. The van der Waals surface area contributed by atoms with Crippen LogP contribution in [0.3, 0.4) is 0 Å². The highest BCUT2D eigenvalue weighted by atomic mass is 32.2. The highest BCUT2D eigenvalue weighted by Gasteiger charge is 2.36. The quantitative estimate of drug-likeness (QED) is 0.429. The van der Waals surface area contributed by atoms with Gasteiger partial charge in [-0.05, 0) is 41.0 Å². The van der Waals surface area contributed by atoms with Gasteiger partial charge in [0.1, 0.15) is 5.82 Å². The minimum atomic E-state index is -4.71. The number of carbonyl (C=O) groups excluding carboxylic acids is 1. The number of hydrogen-bond acceptors (Lipinski definition) is 4. The number of nitrogens with zero attached hydrogens (tertiary/aromatic N) is 1. The van der Waals surface area contributed by atoms with Crippen molar-refractivity contribution in [2.45, 2.75) is 17.6 Å². The third kappa shape index (κ3) is 6.44. The zero-order valence-electron chi connectivity index (χ0n) is 18.3. The average molecular weight is 511 g/mol. The van der Waals surface area contributed by atoms with E-state index in [1.54, 1.807) is 30.3 Å². The lowest BCUT2D eigenvalue weighted by Gasteiger charge is -2.22. The molecular weight excluding hydrogens is 488 g/mol. The highest BCUT2D eigenvalue weighted by Crippen LogP contribution is 2.39. The lowest BCUT2D eigenvalue weighted by molar-refractivity contribution is -0.138. The number of aliphatic hydroxyl groups is 1. The van der Waals surface area contributed by atoms with Crippen molar-refractivity contribution in [3.8, 4) is 11.1 Å². The van der Waals surface area contributed by atoms with E-state index in [2.05, 4.69) is 5.32 Å². The van der Waals surface area contributed by atoms with Crippen LogP contribution in [-0.4, -0.2) is 43.4 Å². The molecule has 6 nitrogen and oxygen atoms in total. The van der Waals surface area contributed by atoms with Crippen LogP contribution >= 0.6 is 0 Å². The normalized spacial score (nSPS) is 12.1. The van der Waals surface area contributed by atoms with Crippen LogP contribution in [-0.2, 0) is 27.5 Å². The maximum atomic E-state index is 13.9.